The third kappa shape index (κ3) is 5.14. The van der Waals surface area contributed by atoms with Gasteiger partial charge in [0.05, 0.1) is 4.90 Å². The van der Waals surface area contributed by atoms with Gasteiger partial charge in [-0.2, -0.15) is 4.72 Å². The molecule has 0 radical (unpaired) electrons. The molecule has 7 heteroatoms. The predicted octanol–water partition coefficient (Wildman–Crippen LogP) is 2.04. The Kier molecular flexibility index (Phi) is 5.71. The number of hydrogen-bond donors (Lipinski definition) is 2. The molecular formula is C16H23NO5S. The molecule has 0 heterocycles. The summed E-state index contributed by atoms with van der Waals surface area (Å²) >= 11 is 0. The number of aliphatic carboxylic acids is 1. The van der Waals surface area contributed by atoms with Crippen LogP contribution in [0.1, 0.15) is 38.3 Å². The van der Waals surface area contributed by atoms with Gasteiger partial charge in [0.1, 0.15) is 11.8 Å². The zero-order valence-corrected chi connectivity index (χ0v) is 14.8. The maximum atomic E-state index is 12.4. The second-order valence-corrected chi connectivity index (χ2v) is 8.34. The molecule has 0 saturated carbocycles. The number of rotatable bonds is 6. The summed E-state index contributed by atoms with van der Waals surface area (Å²) in [5, 5.41) is 9.23. The number of benzene rings is 1. The Hall–Kier alpha value is -1.73. The van der Waals surface area contributed by atoms with E-state index in [1.54, 1.807) is 39.8 Å². The van der Waals surface area contributed by atoms with Gasteiger partial charge in [0, 0.05) is 11.8 Å². The molecule has 0 saturated heterocycles. The Morgan fingerprint density at radius 2 is 1.78 bits per heavy atom. The maximum Gasteiger partial charge on any atom is 0.322 e. The van der Waals surface area contributed by atoms with Crippen LogP contribution in [-0.4, -0.2) is 31.3 Å². The van der Waals surface area contributed by atoms with E-state index in [1.807, 2.05) is 6.92 Å². The van der Waals surface area contributed by atoms with Gasteiger partial charge in [0.15, 0.2) is 0 Å². The second kappa shape index (κ2) is 6.80. The van der Waals surface area contributed by atoms with Crippen molar-refractivity contribution < 1.29 is 23.1 Å². The molecule has 23 heavy (non-hydrogen) atoms. The molecule has 1 aromatic carbocycles. The number of hydrogen-bond acceptors (Lipinski definition) is 4. The maximum absolute atomic E-state index is 12.4. The highest BCUT2D eigenvalue weighted by Crippen LogP contribution is 2.20. The standard InChI is InChI=1S/C16H23NO5S/c1-10-6-7-13(11(2)8-10)23(21,22)17-12(15(19)20)9-14(18)16(3,4)5/h6-8,12,17H,9H2,1-5H3,(H,19,20). The van der Waals surface area contributed by atoms with Crippen LogP contribution in [0.4, 0.5) is 0 Å². The van der Waals surface area contributed by atoms with Crippen LogP contribution in [-0.2, 0) is 19.6 Å². The van der Waals surface area contributed by atoms with Crippen molar-refractivity contribution in [2.75, 3.05) is 0 Å². The van der Waals surface area contributed by atoms with Crippen molar-refractivity contribution in [3.8, 4) is 0 Å². The Bertz CT molecular complexity index is 716. The second-order valence-electron chi connectivity index (χ2n) is 6.66. The Labute approximate surface area is 137 Å². The van der Waals surface area contributed by atoms with Crippen LogP contribution in [0.3, 0.4) is 0 Å². The summed E-state index contributed by atoms with van der Waals surface area (Å²) in [5.41, 5.74) is 0.682. The van der Waals surface area contributed by atoms with Crippen LogP contribution in [0.15, 0.2) is 23.1 Å². The first kappa shape index (κ1) is 19.3. The highest BCUT2D eigenvalue weighted by Gasteiger charge is 2.32. The van der Waals surface area contributed by atoms with E-state index in [0.717, 1.165) is 5.56 Å². The first-order valence-corrected chi connectivity index (χ1v) is 8.68. The molecule has 1 rings (SSSR count). The molecule has 0 aliphatic carbocycles. The number of Topliss-reactive ketones (excluding diaryl/α,β-unsaturated/α-hetero) is 1. The number of carbonyl (C=O) groups excluding carboxylic acids is 1. The third-order valence-corrected chi connectivity index (χ3v) is 5.07. The van der Waals surface area contributed by atoms with Gasteiger partial charge in [0.2, 0.25) is 10.0 Å². The molecular weight excluding hydrogens is 318 g/mol. The predicted molar refractivity (Wildman–Crippen MR) is 86.7 cm³/mol. The van der Waals surface area contributed by atoms with E-state index in [9.17, 15) is 23.1 Å². The summed E-state index contributed by atoms with van der Waals surface area (Å²) in [6.07, 6.45) is -0.400. The van der Waals surface area contributed by atoms with Gasteiger partial charge in [-0.15, -0.1) is 0 Å². The quantitative estimate of drug-likeness (QED) is 0.824. The van der Waals surface area contributed by atoms with Gasteiger partial charge in [-0.25, -0.2) is 8.42 Å². The van der Waals surface area contributed by atoms with Crippen LogP contribution < -0.4 is 4.72 Å². The summed E-state index contributed by atoms with van der Waals surface area (Å²) in [5.74, 6) is -1.70. The van der Waals surface area contributed by atoms with E-state index in [-0.39, 0.29) is 10.7 Å². The molecule has 128 valence electrons. The Morgan fingerprint density at radius 1 is 1.22 bits per heavy atom. The minimum Gasteiger partial charge on any atom is -0.480 e. The van der Waals surface area contributed by atoms with Crippen LogP contribution in [0, 0.1) is 19.3 Å². The van der Waals surface area contributed by atoms with E-state index >= 15 is 0 Å². The average molecular weight is 341 g/mol. The molecule has 1 atom stereocenters. The fourth-order valence-corrected chi connectivity index (χ4v) is 3.44. The van der Waals surface area contributed by atoms with Gasteiger partial charge in [-0.05, 0) is 25.5 Å². The lowest BCUT2D eigenvalue weighted by atomic mass is 9.87. The number of aryl methyl sites for hydroxylation is 2. The van der Waals surface area contributed by atoms with Crippen LogP contribution in [0.25, 0.3) is 0 Å². The number of carboxylic acid groups (broad SMARTS) is 1. The SMILES string of the molecule is Cc1ccc(S(=O)(=O)NC(CC(=O)C(C)(C)C)C(=O)O)c(C)c1. The smallest absolute Gasteiger partial charge is 0.322 e. The summed E-state index contributed by atoms with van der Waals surface area (Å²) in [6, 6.07) is 3.27. The number of ketones is 1. The third-order valence-electron chi connectivity index (χ3n) is 3.44. The van der Waals surface area contributed by atoms with Crippen molar-refractivity contribution in [1.82, 2.24) is 4.72 Å². The van der Waals surface area contributed by atoms with E-state index in [4.69, 9.17) is 0 Å². The zero-order chi connectivity index (χ0) is 18.0. The normalized spacial score (nSPS) is 13.6. The number of carboxylic acids is 1. The van der Waals surface area contributed by atoms with E-state index in [2.05, 4.69) is 4.72 Å². The van der Waals surface area contributed by atoms with Crippen molar-refractivity contribution in [1.29, 1.82) is 0 Å². The molecule has 0 aliphatic heterocycles. The van der Waals surface area contributed by atoms with Gasteiger partial charge < -0.3 is 5.11 Å². The number of carbonyl (C=O) groups is 2. The van der Waals surface area contributed by atoms with Gasteiger partial charge in [-0.3, -0.25) is 9.59 Å². The first-order chi connectivity index (χ1) is 10.3. The highest BCUT2D eigenvalue weighted by atomic mass is 32.2. The fraction of sp³-hybridized carbons (Fsp3) is 0.500. The molecule has 0 fully saturated rings. The summed E-state index contributed by atoms with van der Waals surface area (Å²) in [7, 11) is -4.03. The monoisotopic (exact) mass is 341 g/mol. The topological polar surface area (TPSA) is 101 Å². The number of nitrogens with one attached hydrogen (secondary N) is 1. The molecule has 0 spiro atoms. The molecule has 0 aromatic heterocycles. The van der Waals surface area contributed by atoms with E-state index < -0.39 is 33.9 Å². The molecule has 0 amide bonds. The lowest BCUT2D eigenvalue weighted by Gasteiger charge is -2.21. The van der Waals surface area contributed by atoms with Crippen molar-refractivity contribution in [2.45, 2.75) is 52.0 Å². The van der Waals surface area contributed by atoms with Crippen LogP contribution in [0.5, 0.6) is 0 Å². The summed E-state index contributed by atoms with van der Waals surface area (Å²) in [6.45, 7) is 8.45. The molecule has 0 bridgehead atoms. The minimum absolute atomic E-state index is 0.0116. The van der Waals surface area contributed by atoms with Gasteiger partial charge >= 0.3 is 5.97 Å². The van der Waals surface area contributed by atoms with Crippen molar-refractivity contribution >= 4 is 21.8 Å². The molecule has 1 unspecified atom stereocenters. The molecule has 6 nitrogen and oxygen atoms in total. The molecule has 0 aliphatic rings. The zero-order valence-electron chi connectivity index (χ0n) is 14.0. The lowest BCUT2D eigenvalue weighted by Crippen LogP contribution is -2.43. The molecule has 2 N–H and O–H groups in total. The largest absolute Gasteiger partial charge is 0.480 e. The van der Waals surface area contributed by atoms with Gasteiger partial charge in [0.25, 0.3) is 0 Å². The first-order valence-electron chi connectivity index (χ1n) is 7.20. The molecule has 1 aromatic rings. The van der Waals surface area contributed by atoms with Crippen molar-refractivity contribution in [3.05, 3.63) is 29.3 Å². The minimum atomic E-state index is -4.03. The number of sulfonamides is 1. The van der Waals surface area contributed by atoms with Crippen LogP contribution >= 0.6 is 0 Å². The lowest BCUT2D eigenvalue weighted by molar-refractivity contribution is -0.141. The average Bonchev–Trinajstić information content (AvgIpc) is 2.35. The van der Waals surface area contributed by atoms with E-state index in [1.165, 1.54) is 6.07 Å². The van der Waals surface area contributed by atoms with E-state index in [0.29, 0.717) is 5.56 Å². The van der Waals surface area contributed by atoms with Crippen molar-refractivity contribution in [2.24, 2.45) is 5.41 Å². The van der Waals surface area contributed by atoms with Crippen LogP contribution in [0.2, 0.25) is 0 Å². The Balaban J connectivity index is 3.08. The highest BCUT2D eigenvalue weighted by molar-refractivity contribution is 7.89. The fourth-order valence-electron chi connectivity index (χ4n) is 2.02. The van der Waals surface area contributed by atoms with Gasteiger partial charge in [-0.1, -0.05) is 38.5 Å². The summed E-state index contributed by atoms with van der Waals surface area (Å²) < 4.78 is 27.0. The van der Waals surface area contributed by atoms with Crippen molar-refractivity contribution in [3.63, 3.8) is 0 Å². The summed E-state index contributed by atoms with van der Waals surface area (Å²) in [4.78, 5) is 23.4. The Morgan fingerprint density at radius 3 is 2.22 bits per heavy atom.